The minimum absolute atomic E-state index is 0.164. The van der Waals surface area contributed by atoms with Gasteiger partial charge in [-0.05, 0) is 54.4 Å². The van der Waals surface area contributed by atoms with E-state index in [1.165, 1.54) is 12.1 Å². The summed E-state index contributed by atoms with van der Waals surface area (Å²) in [5.74, 6) is -1.27. The number of aromatic carboxylic acids is 1. The maximum atomic E-state index is 12.4. The van der Waals surface area contributed by atoms with Crippen molar-refractivity contribution in [3.05, 3.63) is 95.1 Å². The number of amides is 2. The highest BCUT2D eigenvalue weighted by Crippen LogP contribution is 2.20. The Morgan fingerprint density at radius 3 is 2.19 bits per heavy atom. The Morgan fingerprint density at radius 2 is 1.56 bits per heavy atom. The predicted octanol–water partition coefficient (Wildman–Crippen LogP) is 4.91. The number of anilines is 1. The number of alkyl carbamates (subject to hydrolysis) is 1. The third-order valence-electron chi connectivity index (χ3n) is 4.72. The Kier molecular flexibility index (Phi) is 7.51. The summed E-state index contributed by atoms with van der Waals surface area (Å²) in [5.41, 5.74) is 2.75. The average Bonchev–Trinajstić information content (AvgIpc) is 2.79. The molecule has 0 spiro atoms. The third-order valence-corrected chi connectivity index (χ3v) is 5.11. The van der Waals surface area contributed by atoms with Gasteiger partial charge in [0.05, 0.1) is 11.3 Å². The van der Waals surface area contributed by atoms with Gasteiger partial charge < -0.3 is 20.5 Å². The lowest BCUT2D eigenvalue weighted by Gasteiger charge is -2.14. The monoisotopic (exact) mass is 450 g/mol. The van der Waals surface area contributed by atoms with Crippen LogP contribution in [0.15, 0.2) is 77.7 Å². The van der Waals surface area contributed by atoms with Crippen LogP contribution in [0.4, 0.5) is 10.5 Å². The molecular weight excluding hydrogens is 428 g/mol. The van der Waals surface area contributed by atoms with Crippen LogP contribution in [-0.4, -0.2) is 23.1 Å². The topological polar surface area (TPSA) is 105 Å². The van der Waals surface area contributed by atoms with E-state index in [0.717, 1.165) is 5.56 Å². The van der Waals surface area contributed by atoms with Crippen LogP contribution in [0.25, 0.3) is 0 Å². The highest BCUT2D eigenvalue weighted by atomic mass is 32.1. The molecule has 8 heteroatoms. The van der Waals surface area contributed by atoms with Crippen molar-refractivity contribution >= 4 is 36.3 Å². The minimum atomic E-state index is -1.02. The number of rotatable bonds is 7. The van der Waals surface area contributed by atoms with Gasteiger partial charge in [-0.25, -0.2) is 9.59 Å². The zero-order valence-corrected chi connectivity index (χ0v) is 18.1. The number of hydrogen-bond donors (Lipinski definition) is 4. The minimum Gasteiger partial charge on any atom is -0.478 e. The number of para-hydroxylation sites is 1. The summed E-state index contributed by atoms with van der Waals surface area (Å²) < 4.78 is 5.33. The first-order valence-electron chi connectivity index (χ1n) is 9.79. The fraction of sp³-hybridized carbons (Fsp3) is 0.125. The molecule has 3 N–H and O–H groups in total. The highest BCUT2D eigenvalue weighted by Gasteiger charge is 2.13. The number of carboxylic acid groups (broad SMARTS) is 1. The average molecular weight is 451 g/mol. The number of nitrogens with one attached hydrogen (secondary N) is 2. The van der Waals surface area contributed by atoms with Gasteiger partial charge in [0.25, 0.3) is 5.91 Å². The van der Waals surface area contributed by atoms with Crippen LogP contribution in [-0.2, 0) is 11.3 Å². The van der Waals surface area contributed by atoms with Crippen LogP contribution in [0, 0.1) is 0 Å². The third kappa shape index (κ3) is 6.12. The molecule has 0 radical (unpaired) electrons. The second-order valence-electron chi connectivity index (χ2n) is 7.00. The molecule has 3 aromatic carbocycles. The number of benzene rings is 3. The smallest absolute Gasteiger partial charge is 0.408 e. The van der Waals surface area contributed by atoms with Crippen molar-refractivity contribution in [3.8, 4) is 0 Å². The zero-order valence-electron chi connectivity index (χ0n) is 17.2. The molecule has 0 aliphatic carbocycles. The first-order chi connectivity index (χ1) is 15.3. The highest BCUT2D eigenvalue weighted by molar-refractivity contribution is 7.80. The normalized spacial score (nSPS) is 11.3. The van der Waals surface area contributed by atoms with Gasteiger partial charge in [0.15, 0.2) is 0 Å². The molecule has 164 valence electrons. The summed E-state index contributed by atoms with van der Waals surface area (Å²) in [7, 11) is 0. The maximum Gasteiger partial charge on any atom is 0.408 e. The molecular formula is C24H22N2O5S. The SMILES string of the molecule is C[C@@H](OC(=O)NCc1ccc(C(=O)Nc2ccccc2S)cc1)c1ccc(C(=O)O)cc1. The molecule has 0 saturated carbocycles. The predicted molar refractivity (Wildman–Crippen MR) is 123 cm³/mol. The summed E-state index contributed by atoms with van der Waals surface area (Å²) in [5, 5.41) is 14.4. The van der Waals surface area contributed by atoms with Crippen LogP contribution >= 0.6 is 12.6 Å². The number of thiol groups is 1. The molecule has 0 saturated heterocycles. The summed E-state index contributed by atoms with van der Waals surface area (Å²) in [6.07, 6.45) is -1.15. The van der Waals surface area contributed by atoms with Gasteiger partial charge in [0.1, 0.15) is 6.10 Å². The van der Waals surface area contributed by atoms with Crippen molar-refractivity contribution in [2.45, 2.75) is 24.5 Å². The van der Waals surface area contributed by atoms with Gasteiger partial charge in [-0.1, -0.05) is 36.4 Å². The van der Waals surface area contributed by atoms with Crippen molar-refractivity contribution in [1.29, 1.82) is 0 Å². The van der Waals surface area contributed by atoms with Gasteiger partial charge in [0.2, 0.25) is 0 Å². The Hall–Kier alpha value is -3.78. The molecule has 7 nitrogen and oxygen atoms in total. The molecule has 3 aromatic rings. The Labute approximate surface area is 190 Å². The van der Waals surface area contributed by atoms with E-state index >= 15 is 0 Å². The molecule has 0 aromatic heterocycles. The Balaban J connectivity index is 1.50. The van der Waals surface area contributed by atoms with E-state index in [-0.39, 0.29) is 18.0 Å². The molecule has 0 aliphatic heterocycles. The van der Waals surface area contributed by atoms with E-state index in [0.29, 0.717) is 21.7 Å². The van der Waals surface area contributed by atoms with Gasteiger partial charge in [-0.2, -0.15) is 0 Å². The lowest BCUT2D eigenvalue weighted by atomic mass is 10.1. The van der Waals surface area contributed by atoms with Gasteiger partial charge >= 0.3 is 12.1 Å². The maximum absolute atomic E-state index is 12.4. The van der Waals surface area contributed by atoms with E-state index in [4.69, 9.17) is 9.84 Å². The quantitative estimate of drug-likeness (QED) is 0.383. The number of ether oxygens (including phenoxy) is 1. The molecule has 2 amide bonds. The van der Waals surface area contributed by atoms with E-state index < -0.39 is 18.2 Å². The van der Waals surface area contributed by atoms with Crippen LogP contribution in [0.5, 0.6) is 0 Å². The second kappa shape index (κ2) is 10.5. The number of carbonyl (C=O) groups excluding carboxylic acids is 2. The van der Waals surface area contributed by atoms with E-state index in [9.17, 15) is 14.4 Å². The zero-order chi connectivity index (χ0) is 23.1. The fourth-order valence-electron chi connectivity index (χ4n) is 2.89. The van der Waals surface area contributed by atoms with Crippen molar-refractivity contribution in [2.75, 3.05) is 5.32 Å². The lowest BCUT2D eigenvalue weighted by Crippen LogP contribution is -2.25. The van der Waals surface area contributed by atoms with Gasteiger partial charge in [-0.3, -0.25) is 4.79 Å². The molecule has 0 fully saturated rings. The number of carbonyl (C=O) groups is 3. The summed E-state index contributed by atoms with van der Waals surface area (Å²) in [6, 6.07) is 20.2. The van der Waals surface area contributed by atoms with Crippen molar-refractivity contribution < 1.29 is 24.2 Å². The first kappa shape index (κ1) is 22.9. The van der Waals surface area contributed by atoms with Crippen LogP contribution in [0.3, 0.4) is 0 Å². The lowest BCUT2D eigenvalue weighted by molar-refractivity contribution is 0.0695. The van der Waals surface area contributed by atoms with Crippen molar-refractivity contribution in [3.63, 3.8) is 0 Å². The molecule has 0 bridgehead atoms. The van der Waals surface area contributed by atoms with Crippen molar-refractivity contribution in [1.82, 2.24) is 5.32 Å². The van der Waals surface area contributed by atoms with Gasteiger partial charge in [-0.15, -0.1) is 12.6 Å². The molecule has 32 heavy (non-hydrogen) atoms. The standard InChI is InChI=1S/C24H22N2O5S/c1-15(17-10-12-19(13-11-17)23(28)29)31-24(30)25-14-16-6-8-18(9-7-16)22(27)26-20-4-2-3-5-21(20)32/h2-13,15,32H,14H2,1H3,(H,25,30)(H,26,27)(H,28,29)/t15-/m1/s1. The summed E-state index contributed by atoms with van der Waals surface area (Å²) >= 11 is 4.32. The Morgan fingerprint density at radius 1 is 0.938 bits per heavy atom. The van der Waals surface area contributed by atoms with E-state index in [1.807, 2.05) is 12.1 Å². The van der Waals surface area contributed by atoms with Crippen molar-refractivity contribution in [2.24, 2.45) is 0 Å². The molecule has 1 atom stereocenters. The fourth-order valence-corrected chi connectivity index (χ4v) is 3.11. The van der Waals surface area contributed by atoms with Gasteiger partial charge in [0, 0.05) is 17.0 Å². The van der Waals surface area contributed by atoms with E-state index in [2.05, 4.69) is 23.3 Å². The molecule has 0 heterocycles. The van der Waals surface area contributed by atoms with Crippen LogP contribution < -0.4 is 10.6 Å². The van der Waals surface area contributed by atoms with Crippen LogP contribution in [0.2, 0.25) is 0 Å². The van der Waals surface area contributed by atoms with E-state index in [1.54, 1.807) is 55.5 Å². The second-order valence-corrected chi connectivity index (χ2v) is 7.48. The summed E-state index contributed by atoms with van der Waals surface area (Å²) in [4.78, 5) is 36.1. The number of carboxylic acids is 1. The molecule has 3 rings (SSSR count). The summed E-state index contributed by atoms with van der Waals surface area (Å²) in [6.45, 7) is 1.93. The molecule has 0 unspecified atom stereocenters. The first-order valence-corrected chi connectivity index (χ1v) is 10.2. The van der Waals surface area contributed by atoms with Crippen LogP contribution in [0.1, 0.15) is 44.9 Å². The largest absolute Gasteiger partial charge is 0.478 e. The molecule has 0 aliphatic rings. The number of hydrogen-bond acceptors (Lipinski definition) is 5. The Bertz CT molecular complexity index is 1110.